The summed E-state index contributed by atoms with van der Waals surface area (Å²) in [5, 5.41) is 2.92. The van der Waals surface area contributed by atoms with Gasteiger partial charge in [-0.05, 0) is 0 Å². The molecule has 1 rings (SSSR count). The standard InChI is InChI=1S/C13H20IN2O2/c1-10-4-6-11(7-5-10)8-15-13(17)12(9-18-3)16-14-2/h4-7,12,16H,8-9H2,1-3H3,(H,15,17)/q-1/t12-/m0/s1. The van der Waals surface area contributed by atoms with E-state index in [0.717, 1.165) is 5.56 Å². The average molecular weight is 363 g/mol. The third-order valence-corrected chi connectivity index (χ3v) is 3.85. The fourth-order valence-corrected chi connectivity index (χ4v) is 2.69. The van der Waals surface area contributed by atoms with Gasteiger partial charge >= 0.3 is 119 Å². The summed E-state index contributed by atoms with van der Waals surface area (Å²) in [5.41, 5.74) is 2.33. The van der Waals surface area contributed by atoms with Crippen molar-refractivity contribution >= 4 is 5.91 Å². The van der Waals surface area contributed by atoms with Crippen LogP contribution in [0.15, 0.2) is 24.3 Å². The quantitative estimate of drug-likeness (QED) is 0.330. The molecule has 0 aliphatic rings. The number of methoxy groups -OCH3 is 1. The van der Waals surface area contributed by atoms with E-state index in [1.54, 1.807) is 7.11 Å². The number of amides is 1. The number of ether oxygens (including phenoxy) is 1. The van der Waals surface area contributed by atoms with Crippen molar-refractivity contribution in [3.05, 3.63) is 35.4 Å². The van der Waals surface area contributed by atoms with E-state index in [9.17, 15) is 4.79 Å². The Kier molecular flexibility index (Phi) is 7.22. The predicted octanol–water partition coefficient (Wildman–Crippen LogP) is -2.15. The molecule has 0 aliphatic carbocycles. The number of halogens is 1. The SMILES string of the molecule is COC[C@H](N[I-]C)C(=O)NCc1ccc(C)cc1. The number of alkyl halides is 1. The van der Waals surface area contributed by atoms with Crippen LogP contribution in [0.25, 0.3) is 0 Å². The van der Waals surface area contributed by atoms with Crippen LogP contribution < -0.4 is 30.3 Å². The number of nitrogens with one attached hydrogen (secondary N) is 2. The number of aryl methyl sites for hydroxylation is 1. The predicted molar refractivity (Wildman–Crippen MR) is 67.7 cm³/mol. The second-order valence-corrected chi connectivity index (χ2v) is 5.71. The van der Waals surface area contributed by atoms with Gasteiger partial charge in [-0.1, -0.05) is 0 Å². The molecule has 0 bridgehead atoms. The molecule has 4 nitrogen and oxygen atoms in total. The van der Waals surface area contributed by atoms with Gasteiger partial charge in [-0.15, -0.1) is 0 Å². The first kappa shape index (κ1) is 15.4. The molecule has 0 aliphatic heterocycles. The van der Waals surface area contributed by atoms with E-state index in [1.807, 2.05) is 31.2 Å². The number of carbonyl (C=O) groups is 1. The Labute approximate surface area is 119 Å². The summed E-state index contributed by atoms with van der Waals surface area (Å²) in [6.45, 7) is 3.02. The van der Waals surface area contributed by atoms with Gasteiger partial charge in [0.1, 0.15) is 0 Å². The van der Waals surface area contributed by atoms with Crippen molar-refractivity contribution in [1.82, 2.24) is 8.85 Å². The molecule has 0 saturated carbocycles. The third kappa shape index (κ3) is 5.32. The molecule has 0 fully saturated rings. The summed E-state index contributed by atoms with van der Waals surface area (Å²) in [4.78, 5) is 14.0. The van der Waals surface area contributed by atoms with E-state index in [4.69, 9.17) is 4.74 Å². The summed E-state index contributed by atoms with van der Waals surface area (Å²) < 4.78 is 8.24. The van der Waals surface area contributed by atoms with E-state index < -0.39 is 0 Å². The van der Waals surface area contributed by atoms with E-state index >= 15 is 0 Å². The molecule has 0 unspecified atom stereocenters. The normalized spacial score (nSPS) is 12.4. The van der Waals surface area contributed by atoms with Crippen molar-refractivity contribution in [2.45, 2.75) is 19.5 Å². The monoisotopic (exact) mass is 363 g/mol. The molecule has 0 heterocycles. The van der Waals surface area contributed by atoms with Gasteiger partial charge < -0.3 is 0 Å². The van der Waals surface area contributed by atoms with E-state index in [1.165, 1.54) is 5.56 Å². The Morgan fingerprint density at radius 3 is 2.61 bits per heavy atom. The number of carbonyl (C=O) groups excluding carboxylic acids is 1. The van der Waals surface area contributed by atoms with Gasteiger partial charge in [0, 0.05) is 0 Å². The number of hydrogen-bond acceptors (Lipinski definition) is 3. The summed E-state index contributed by atoms with van der Waals surface area (Å²) in [6, 6.07) is 7.91. The summed E-state index contributed by atoms with van der Waals surface area (Å²) >= 11 is -0.141. The molecule has 18 heavy (non-hydrogen) atoms. The van der Waals surface area contributed by atoms with Crippen molar-refractivity contribution in [1.29, 1.82) is 0 Å². The first-order valence-corrected chi connectivity index (χ1v) is 8.97. The first-order valence-electron chi connectivity index (χ1n) is 5.73. The second kappa shape index (κ2) is 8.44. The Morgan fingerprint density at radius 2 is 2.06 bits per heavy atom. The third-order valence-electron chi connectivity index (χ3n) is 2.48. The molecule has 2 N–H and O–H groups in total. The Morgan fingerprint density at radius 1 is 1.39 bits per heavy atom. The van der Waals surface area contributed by atoms with Crippen molar-refractivity contribution < 1.29 is 31.0 Å². The fourth-order valence-electron chi connectivity index (χ4n) is 1.47. The van der Waals surface area contributed by atoms with Crippen LogP contribution in [0.5, 0.6) is 0 Å². The van der Waals surface area contributed by atoms with Gasteiger partial charge in [-0.25, -0.2) is 0 Å². The van der Waals surface area contributed by atoms with Crippen molar-refractivity contribution in [3.8, 4) is 0 Å². The number of rotatable bonds is 7. The summed E-state index contributed by atoms with van der Waals surface area (Å²) in [5.74, 6) is -0.000949. The minimum absolute atomic E-state index is 0.000949. The van der Waals surface area contributed by atoms with E-state index in [2.05, 4.69) is 13.8 Å². The molecule has 0 aromatic heterocycles. The van der Waals surface area contributed by atoms with Crippen LogP contribution in [0.3, 0.4) is 0 Å². The van der Waals surface area contributed by atoms with Crippen LogP contribution in [0.2, 0.25) is 0 Å². The second-order valence-electron chi connectivity index (χ2n) is 4.01. The summed E-state index contributed by atoms with van der Waals surface area (Å²) in [7, 11) is 1.61. The topological polar surface area (TPSA) is 50.4 Å². The molecule has 1 aromatic rings. The van der Waals surface area contributed by atoms with Gasteiger partial charge in [0.15, 0.2) is 0 Å². The van der Waals surface area contributed by atoms with Crippen LogP contribution in [-0.4, -0.2) is 30.6 Å². The van der Waals surface area contributed by atoms with Gasteiger partial charge in [0.25, 0.3) is 0 Å². The molecule has 102 valence electrons. The number of hydrogen-bond donors (Lipinski definition) is 2. The Balaban J connectivity index is 2.45. The van der Waals surface area contributed by atoms with Gasteiger partial charge in [0.05, 0.1) is 0 Å². The van der Waals surface area contributed by atoms with Crippen molar-refractivity contribution in [2.24, 2.45) is 0 Å². The molecular weight excluding hydrogens is 343 g/mol. The van der Waals surface area contributed by atoms with Crippen LogP contribution in [0.1, 0.15) is 11.1 Å². The average Bonchev–Trinajstić information content (AvgIpc) is 2.37. The first-order chi connectivity index (χ1) is 8.67. The molecule has 1 atom stereocenters. The molecule has 1 amide bonds. The van der Waals surface area contributed by atoms with E-state index in [-0.39, 0.29) is 33.4 Å². The van der Waals surface area contributed by atoms with Crippen LogP contribution in [0, 0.1) is 6.92 Å². The zero-order valence-corrected chi connectivity index (χ0v) is 13.2. The van der Waals surface area contributed by atoms with Crippen molar-refractivity contribution in [2.75, 3.05) is 18.6 Å². The molecule has 0 spiro atoms. The number of benzene rings is 1. The van der Waals surface area contributed by atoms with Gasteiger partial charge in [-0.2, -0.15) is 0 Å². The zero-order chi connectivity index (χ0) is 13.4. The summed E-state index contributed by atoms with van der Waals surface area (Å²) in [6.07, 6.45) is 0. The van der Waals surface area contributed by atoms with Gasteiger partial charge in [0.2, 0.25) is 0 Å². The van der Waals surface area contributed by atoms with Crippen molar-refractivity contribution in [3.63, 3.8) is 0 Å². The molecule has 1 aromatic carbocycles. The van der Waals surface area contributed by atoms with Gasteiger partial charge in [-0.3, -0.25) is 0 Å². The maximum atomic E-state index is 11.9. The molecule has 5 heteroatoms. The Hall–Kier alpha value is -0.660. The zero-order valence-electron chi connectivity index (χ0n) is 11.0. The molecule has 0 radical (unpaired) electrons. The minimum atomic E-state index is -0.238. The fraction of sp³-hybridized carbons (Fsp3) is 0.462. The van der Waals surface area contributed by atoms with E-state index in [0.29, 0.717) is 13.2 Å². The maximum absolute atomic E-state index is 11.9. The van der Waals surface area contributed by atoms with Crippen LogP contribution in [-0.2, 0) is 16.1 Å². The molecular formula is C13H20IN2O2-. The van der Waals surface area contributed by atoms with Crippen LogP contribution >= 0.6 is 0 Å². The van der Waals surface area contributed by atoms with Crippen LogP contribution in [0.4, 0.5) is 0 Å². The Bertz CT molecular complexity index is 362. The molecule has 0 saturated heterocycles.